The smallest absolute Gasteiger partial charge is 0.0132 e. The largest absolute Gasteiger partial charge is 0.0988 e. The molecule has 0 bridgehead atoms. The molecule has 1 aromatic carbocycles. The molecule has 1 aromatic rings. The topological polar surface area (TPSA) is 0 Å². The first-order valence-corrected chi connectivity index (χ1v) is 7.20. The molecule has 0 aliphatic rings. The van der Waals surface area contributed by atoms with Crippen LogP contribution < -0.4 is 0 Å². The Morgan fingerprint density at radius 2 is 1.65 bits per heavy atom. The Labute approximate surface area is 124 Å². The highest BCUT2D eigenvalue weighted by Crippen LogP contribution is 2.30. The second-order valence-corrected chi connectivity index (χ2v) is 7.41. The summed E-state index contributed by atoms with van der Waals surface area (Å²) in [5.74, 6) is 0. The first kappa shape index (κ1) is 16.5. The van der Waals surface area contributed by atoms with Crippen molar-refractivity contribution in [2.75, 3.05) is 0 Å². The molecule has 0 fully saturated rings. The molecule has 0 spiro atoms. The van der Waals surface area contributed by atoms with Crippen LogP contribution in [-0.4, -0.2) is 0 Å². The standard InChI is InChI=1S/C20H28/c1-9-17(19(3,4)5)13-15(2)16-11-10-12-18(14-16)20(6,7)8/h9-14H,1-2H2,3-8H3. The van der Waals surface area contributed by atoms with E-state index in [0.29, 0.717) is 0 Å². The first-order chi connectivity index (χ1) is 9.05. The van der Waals surface area contributed by atoms with E-state index in [0.717, 1.165) is 5.57 Å². The van der Waals surface area contributed by atoms with Crippen molar-refractivity contribution in [2.45, 2.75) is 47.0 Å². The van der Waals surface area contributed by atoms with Crippen molar-refractivity contribution in [3.8, 4) is 0 Å². The lowest BCUT2D eigenvalue weighted by molar-refractivity contribution is 0.517. The lowest BCUT2D eigenvalue weighted by Gasteiger charge is -2.22. The summed E-state index contributed by atoms with van der Waals surface area (Å²) in [6, 6.07) is 8.65. The van der Waals surface area contributed by atoms with Gasteiger partial charge in [-0.25, -0.2) is 0 Å². The van der Waals surface area contributed by atoms with Crippen molar-refractivity contribution in [2.24, 2.45) is 5.41 Å². The highest BCUT2D eigenvalue weighted by molar-refractivity contribution is 5.74. The van der Waals surface area contributed by atoms with E-state index in [1.165, 1.54) is 16.7 Å². The summed E-state index contributed by atoms with van der Waals surface area (Å²) in [5, 5.41) is 0. The second-order valence-electron chi connectivity index (χ2n) is 7.41. The monoisotopic (exact) mass is 268 g/mol. The van der Waals surface area contributed by atoms with Gasteiger partial charge in [0, 0.05) is 0 Å². The number of rotatable bonds is 3. The summed E-state index contributed by atoms with van der Waals surface area (Å²) >= 11 is 0. The predicted octanol–water partition coefficient (Wildman–Crippen LogP) is 6.16. The first-order valence-electron chi connectivity index (χ1n) is 7.20. The van der Waals surface area contributed by atoms with E-state index < -0.39 is 0 Å². The highest BCUT2D eigenvalue weighted by atomic mass is 14.2. The predicted molar refractivity (Wildman–Crippen MR) is 91.9 cm³/mol. The number of benzene rings is 1. The van der Waals surface area contributed by atoms with Gasteiger partial charge in [0.25, 0.3) is 0 Å². The summed E-state index contributed by atoms with van der Waals surface area (Å²) in [4.78, 5) is 0. The zero-order valence-corrected chi connectivity index (χ0v) is 13.9. The van der Waals surface area contributed by atoms with Gasteiger partial charge in [0.05, 0.1) is 0 Å². The Bertz CT molecular complexity index is 528. The SMILES string of the molecule is C=CC(=CC(=C)c1cccc(C(C)(C)C)c1)C(C)(C)C. The van der Waals surface area contributed by atoms with Crippen LogP contribution in [0, 0.1) is 5.41 Å². The Morgan fingerprint density at radius 1 is 1.05 bits per heavy atom. The van der Waals surface area contributed by atoms with Gasteiger partial charge in [-0.2, -0.15) is 0 Å². The van der Waals surface area contributed by atoms with Crippen LogP contribution >= 0.6 is 0 Å². The minimum absolute atomic E-state index is 0.0896. The molecule has 1 rings (SSSR count). The molecule has 0 aliphatic heterocycles. The summed E-state index contributed by atoms with van der Waals surface area (Å²) < 4.78 is 0. The molecule has 0 heteroatoms. The van der Waals surface area contributed by atoms with E-state index in [4.69, 9.17) is 0 Å². The van der Waals surface area contributed by atoms with Gasteiger partial charge in [-0.1, -0.05) is 91.1 Å². The van der Waals surface area contributed by atoms with Crippen LogP contribution in [-0.2, 0) is 5.41 Å². The number of allylic oxidation sites excluding steroid dienone is 4. The van der Waals surface area contributed by atoms with Crippen molar-refractivity contribution in [1.29, 1.82) is 0 Å². The molecule has 0 nitrogen and oxygen atoms in total. The fraction of sp³-hybridized carbons (Fsp3) is 0.400. The van der Waals surface area contributed by atoms with Gasteiger partial charge in [0.1, 0.15) is 0 Å². The van der Waals surface area contributed by atoms with Crippen molar-refractivity contribution in [1.82, 2.24) is 0 Å². The van der Waals surface area contributed by atoms with Crippen LogP contribution in [0.4, 0.5) is 0 Å². The molecule has 0 saturated heterocycles. The van der Waals surface area contributed by atoms with Gasteiger partial charge in [-0.05, 0) is 33.1 Å². The molecule has 0 atom stereocenters. The summed E-state index contributed by atoms with van der Waals surface area (Å²) in [6.07, 6.45) is 4.08. The molecule has 0 radical (unpaired) electrons. The maximum Gasteiger partial charge on any atom is -0.0132 e. The maximum atomic E-state index is 4.23. The van der Waals surface area contributed by atoms with Crippen molar-refractivity contribution < 1.29 is 0 Å². The quantitative estimate of drug-likeness (QED) is 0.576. The van der Waals surface area contributed by atoms with Crippen LogP contribution in [0.15, 0.2) is 55.1 Å². The molecule has 0 aromatic heterocycles. The van der Waals surface area contributed by atoms with Crippen LogP contribution in [0.1, 0.15) is 52.7 Å². The summed E-state index contributed by atoms with van der Waals surface area (Å²) in [5.41, 5.74) is 5.02. The van der Waals surface area contributed by atoms with Gasteiger partial charge in [-0.15, -0.1) is 0 Å². The lowest BCUT2D eigenvalue weighted by atomic mass is 9.83. The summed E-state index contributed by atoms with van der Waals surface area (Å²) in [6.45, 7) is 21.4. The normalized spacial score (nSPS) is 13.2. The van der Waals surface area contributed by atoms with Gasteiger partial charge < -0.3 is 0 Å². The van der Waals surface area contributed by atoms with Crippen LogP contribution in [0.2, 0.25) is 0 Å². The molecule has 0 amide bonds. The fourth-order valence-electron chi connectivity index (χ4n) is 2.04. The zero-order valence-electron chi connectivity index (χ0n) is 13.9. The van der Waals surface area contributed by atoms with Gasteiger partial charge in [-0.3, -0.25) is 0 Å². The number of hydrogen-bond acceptors (Lipinski definition) is 0. The van der Waals surface area contributed by atoms with Gasteiger partial charge in [0.15, 0.2) is 0 Å². The lowest BCUT2D eigenvalue weighted by Crippen LogP contribution is -2.11. The van der Waals surface area contributed by atoms with Crippen molar-refractivity contribution >= 4 is 5.57 Å². The van der Waals surface area contributed by atoms with Crippen molar-refractivity contribution in [3.05, 3.63) is 66.3 Å². The van der Waals surface area contributed by atoms with Crippen molar-refractivity contribution in [3.63, 3.8) is 0 Å². The molecule has 0 saturated carbocycles. The Morgan fingerprint density at radius 3 is 2.10 bits per heavy atom. The highest BCUT2D eigenvalue weighted by Gasteiger charge is 2.16. The van der Waals surface area contributed by atoms with Crippen LogP contribution in [0.5, 0.6) is 0 Å². The third-order valence-corrected chi connectivity index (χ3v) is 3.52. The Kier molecular flexibility index (Phi) is 4.81. The molecular weight excluding hydrogens is 240 g/mol. The number of hydrogen-bond donors (Lipinski definition) is 0. The molecule has 0 heterocycles. The molecule has 108 valence electrons. The van der Waals surface area contributed by atoms with E-state index in [-0.39, 0.29) is 10.8 Å². The van der Waals surface area contributed by atoms with E-state index >= 15 is 0 Å². The zero-order chi connectivity index (χ0) is 15.6. The van der Waals surface area contributed by atoms with Crippen LogP contribution in [0.3, 0.4) is 0 Å². The average molecular weight is 268 g/mol. The Hall–Kier alpha value is -1.56. The molecule has 0 unspecified atom stereocenters. The fourth-order valence-corrected chi connectivity index (χ4v) is 2.04. The van der Waals surface area contributed by atoms with E-state index in [9.17, 15) is 0 Å². The molecule has 20 heavy (non-hydrogen) atoms. The van der Waals surface area contributed by atoms with Crippen LogP contribution in [0.25, 0.3) is 5.57 Å². The van der Waals surface area contributed by atoms with E-state index in [2.05, 4.69) is 85.0 Å². The molecule has 0 aliphatic carbocycles. The minimum atomic E-state index is 0.0896. The maximum absolute atomic E-state index is 4.23. The van der Waals surface area contributed by atoms with E-state index in [1.54, 1.807) is 0 Å². The second kappa shape index (κ2) is 5.83. The Balaban J connectivity index is 3.17. The van der Waals surface area contributed by atoms with Gasteiger partial charge >= 0.3 is 0 Å². The third-order valence-electron chi connectivity index (χ3n) is 3.52. The average Bonchev–Trinajstić information content (AvgIpc) is 2.33. The molecule has 0 N–H and O–H groups in total. The molecular formula is C20H28. The summed E-state index contributed by atoms with van der Waals surface area (Å²) in [7, 11) is 0. The van der Waals surface area contributed by atoms with E-state index in [1.807, 2.05) is 6.08 Å². The third kappa shape index (κ3) is 4.23. The minimum Gasteiger partial charge on any atom is -0.0988 e. The van der Waals surface area contributed by atoms with Gasteiger partial charge in [0.2, 0.25) is 0 Å².